The number of hydrogen-bond donors (Lipinski definition) is 1. The molecule has 0 saturated carbocycles. The molecule has 0 spiro atoms. The van der Waals surface area contributed by atoms with E-state index in [2.05, 4.69) is 21.2 Å². The SMILES string of the molecule is CCNC(c1cc(F)cc(Br)c1)c1ccc(Cl)c(OC)c1. The Bertz CT molecular complexity index is 615. The van der Waals surface area contributed by atoms with E-state index in [-0.39, 0.29) is 11.9 Å². The van der Waals surface area contributed by atoms with Crippen LogP contribution in [0.3, 0.4) is 0 Å². The second-order valence-electron chi connectivity index (χ2n) is 4.59. The zero-order valence-corrected chi connectivity index (χ0v) is 14.1. The standard InChI is InChI=1S/C16H16BrClFNO/c1-3-20-16(11-6-12(17)9-13(19)7-11)10-4-5-14(18)15(8-10)21-2/h4-9,16,20H,3H2,1-2H3. The van der Waals surface area contributed by atoms with Crippen LogP contribution in [0, 0.1) is 5.82 Å². The van der Waals surface area contributed by atoms with Crippen molar-refractivity contribution in [2.24, 2.45) is 0 Å². The molecule has 5 heteroatoms. The first-order valence-electron chi connectivity index (χ1n) is 6.58. The van der Waals surface area contributed by atoms with Crippen LogP contribution in [0.25, 0.3) is 0 Å². The molecular formula is C16H16BrClFNO. The van der Waals surface area contributed by atoms with Gasteiger partial charge in [-0.05, 0) is 48.0 Å². The highest BCUT2D eigenvalue weighted by atomic mass is 79.9. The molecule has 0 aliphatic rings. The third kappa shape index (κ3) is 3.96. The van der Waals surface area contributed by atoms with Crippen LogP contribution in [0.5, 0.6) is 5.75 Å². The molecule has 0 radical (unpaired) electrons. The molecule has 1 N–H and O–H groups in total. The number of ether oxygens (including phenoxy) is 1. The molecule has 21 heavy (non-hydrogen) atoms. The summed E-state index contributed by atoms with van der Waals surface area (Å²) in [4.78, 5) is 0. The second-order valence-corrected chi connectivity index (χ2v) is 5.91. The molecule has 1 atom stereocenters. The predicted octanol–water partition coefficient (Wildman–Crippen LogP) is 4.95. The van der Waals surface area contributed by atoms with Crippen LogP contribution in [-0.2, 0) is 0 Å². The third-order valence-electron chi connectivity index (χ3n) is 3.13. The lowest BCUT2D eigenvalue weighted by molar-refractivity contribution is 0.414. The zero-order chi connectivity index (χ0) is 15.4. The first-order valence-corrected chi connectivity index (χ1v) is 7.75. The Morgan fingerprint density at radius 1 is 1.24 bits per heavy atom. The van der Waals surface area contributed by atoms with Gasteiger partial charge >= 0.3 is 0 Å². The van der Waals surface area contributed by atoms with Crippen molar-refractivity contribution in [1.82, 2.24) is 5.32 Å². The van der Waals surface area contributed by atoms with Gasteiger partial charge in [-0.25, -0.2) is 4.39 Å². The second kappa shape index (κ2) is 7.25. The van der Waals surface area contributed by atoms with E-state index >= 15 is 0 Å². The van der Waals surface area contributed by atoms with Crippen LogP contribution in [0.1, 0.15) is 24.1 Å². The number of benzene rings is 2. The summed E-state index contributed by atoms with van der Waals surface area (Å²) >= 11 is 9.39. The van der Waals surface area contributed by atoms with Gasteiger partial charge in [0.15, 0.2) is 0 Å². The maximum Gasteiger partial charge on any atom is 0.137 e. The summed E-state index contributed by atoms with van der Waals surface area (Å²) < 4.78 is 19.6. The minimum absolute atomic E-state index is 0.131. The fourth-order valence-corrected chi connectivity index (χ4v) is 2.91. The monoisotopic (exact) mass is 371 g/mol. The lowest BCUT2D eigenvalue weighted by Gasteiger charge is -2.20. The van der Waals surface area contributed by atoms with E-state index in [1.165, 1.54) is 12.1 Å². The van der Waals surface area contributed by atoms with Gasteiger partial charge in [0.2, 0.25) is 0 Å². The number of rotatable bonds is 5. The largest absolute Gasteiger partial charge is 0.495 e. The highest BCUT2D eigenvalue weighted by Gasteiger charge is 2.16. The summed E-state index contributed by atoms with van der Waals surface area (Å²) in [6.07, 6.45) is 0. The highest BCUT2D eigenvalue weighted by molar-refractivity contribution is 9.10. The van der Waals surface area contributed by atoms with E-state index in [9.17, 15) is 4.39 Å². The van der Waals surface area contributed by atoms with Gasteiger partial charge in [-0.1, -0.05) is 40.5 Å². The maximum atomic E-state index is 13.7. The molecule has 1 unspecified atom stereocenters. The van der Waals surface area contributed by atoms with Crippen molar-refractivity contribution in [2.75, 3.05) is 13.7 Å². The van der Waals surface area contributed by atoms with E-state index in [0.29, 0.717) is 15.2 Å². The van der Waals surface area contributed by atoms with Gasteiger partial charge in [0.1, 0.15) is 11.6 Å². The molecule has 0 aromatic heterocycles. The van der Waals surface area contributed by atoms with E-state index < -0.39 is 0 Å². The fourth-order valence-electron chi connectivity index (χ4n) is 2.23. The van der Waals surface area contributed by atoms with Crippen molar-refractivity contribution in [2.45, 2.75) is 13.0 Å². The molecule has 0 fully saturated rings. The lowest BCUT2D eigenvalue weighted by atomic mass is 9.98. The smallest absolute Gasteiger partial charge is 0.137 e. The Labute approximate surface area is 137 Å². The van der Waals surface area contributed by atoms with Gasteiger partial charge in [-0.2, -0.15) is 0 Å². The van der Waals surface area contributed by atoms with Crippen LogP contribution in [0.2, 0.25) is 5.02 Å². The molecule has 0 aliphatic carbocycles. The molecule has 0 aliphatic heterocycles. The minimum Gasteiger partial charge on any atom is -0.495 e. The molecule has 112 valence electrons. The number of nitrogens with one attached hydrogen (secondary N) is 1. The average molecular weight is 373 g/mol. The van der Waals surface area contributed by atoms with Gasteiger partial charge in [0.05, 0.1) is 18.2 Å². The quantitative estimate of drug-likeness (QED) is 0.802. The van der Waals surface area contributed by atoms with Gasteiger partial charge < -0.3 is 10.1 Å². The average Bonchev–Trinajstić information content (AvgIpc) is 2.44. The van der Waals surface area contributed by atoms with Crippen LogP contribution >= 0.6 is 27.5 Å². The lowest BCUT2D eigenvalue weighted by Crippen LogP contribution is -2.22. The summed E-state index contributed by atoms with van der Waals surface area (Å²) in [5.41, 5.74) is 1.81. The minimum atomic E-state index is -0.275. The predicted molar refractivity (Wildman–Crippen MR) is 87.6 cm³/mol. The number of hydrogen-bond acceptors (Lipinski definition) is 2. The van der Waals surface area contributed by atoms with Crippen molar-refractivity contribution >= 4 is 27.5 Å². The van der Waals surface area contributed by atoms with Gasteiger partial charge in [0, 0.05) is 4.47 Å². The molecule has 0 heterocycles. The first kappa shape index (κ1) is 16.3. The van der Waals surface area contributed by atoms with Crippen LogP contribution in [-0.4, -0.2) is 13.7 Å². The summed E-state index contributed by atoms with van der Waals surface area (Å²) in [7, 11) is 1.58. The van der Waals surface area contributed by atoms with Crippen molar-refractivity contribution in [3.63, 3.8) is 0 Å². The van der Waals surface area contributed by atoms with E-state index in [1.54, 1.807) is 13.2 Å². The van der Waals surface area contributed by atoms with Crippen molar-refractivity contribution in [3.8, 4) is 5.75 Å². The summed E-state index contributed by atoms with van der Waals surface area (Å²) in [5.74, 6) is 0.329. The molecule has 0 amide bonds. The van der Waals surface area contributed by atoms with E-state index in [1.807, 2.05) is 25.1 Å². The molecule has 2 nitrogen and oxygen atoms in total. The molecular weight excluding hydrogens is 357 g/mol. The number of methoxy groups -OCH3 is 1. The molecule has 2 rings (SSSR count). The Hall–Kier alpha value is -1.10. The summed E-state index contributed by atoms with van der Waals surface area (Å²) in [6, 6.07) is 10.3. The highest BCUT2D eigenvalue weighted by Crippen LogP contribution is 2.31. The zero-order valence-electron chi connectivity index (χ0n) is 11.8. The van der Waals surface area contributed by atoms with Crippen molar-refractivity contribution < 1.29 is 9.13 Å². The third-order valence-corrected chi connectivity index (χ3v) is 3.91. The van der Waals surface area contributed by atoms with Crippen molar-refractivity contribution in [1.29, 1.82) is 0 Å². The molecule has 2 aromatic rings. The van der Waals surface area contributed by atoms with E-state index in [4.69, 9.17) is 16.3 Å². The number of halogens is 3. The Balaban J connectivity index is 2.47. The van der Waals surface area contributed by atoms with Gasteiger partial charge in [-0.3, -0.25) is 0 Å². The normalized spacial score (nSPS) is 12.2. The fraction of sp³-hybridized carbons (Fsp3) is 0.250. The Kier molecular flexibility index (Phi) is 5.62. The molecule has 0 saturated heterocycles. The summed E-state index contributed by atoms with van der Waals surface area (Å²) in [5, 5.41) is 3.91. The molecule has 2 aromatic carbocycles. The van der Waals surface area contributed by atoms with Crippen LogP contribution in [0.15, 0.2) is 40.9 Å². The Morgan fingerprint density at radius 3 is 2.62 bits per heavy atom. The maximum absolute atomic E-state index is 13.7. The van der Waals surface area contributed by atoms with Gasteiger partial charge in [-0.15, -0.1) is 0 Å². The van der Waals surface area contributed by atoms with Gasteiger partial charge in [0.25, 0.3) is 0 Å². The first-order chi connectivity index (χ1) is 10.0. The van der Waals surface area contributed by atoms with E-state index in [0.717, 1.165) is 17.7 Å². The topological polar surface area (TPSA) is 21.3 Å². The summed E-state index contributed by atoms with van der Waals surface area (Å²) in [6.45, 7) is 2.76. The molecule has 0 bridgehead atoms. The van der Waals surface area contributed by atoms with Crippen LogP contribution < -0.4 is 10.1 Å². The van der Waals surface area contributed by atoms with Crippen molar-refractivity contribution in [3.05, 3.63) is 62.8 Å². The Morgan fingerprint density at radius 2 is 2.00 bits per heavy atom. The van der Waals surface area contributed by atoms with Crippen LogP contribution in [0.4, 0.5) is 4.39 Å².